The molecule has 186 valence electrons. The van der Waals surface area contributed by atoms with E-state index in [9.17, 15) is 13.2 Å². The molecule has 0 radical (unpaired) electrons. The second-order valence-electron chi connectivity index (χ2n) is 7.91. The predicted molar refractivity (Wildman–Crippen MR) is 130 cm³/mol. The molecule has 1 atom stereocenters. The first kappa shape index (κ1) is 25.5. The minimum Gasteiger partial charge on any atom is -0.493 e. The smallest absolute Gasteiger partial charge is 0.232 e. The van der Waals surface area contributed by atoms with Gasteiger partial charge >= 0.3 is 0 Å². The molecule has 1 N–H and O–H groups in total. The highest BCUT2D eigenvalue weighted by Crippen LogP contribution is 2.35. The molecular formula is C24H32N2O7S. The summed E-state index contributed by atoms with van der Waals surface area (Å²) in [6.07, 6.45) is 2.37. The maximum atomic E-state index is 12.7. The zero-order chi connectivity index (χ0) is 24.7. The Balaban J connectivity index is 1.62. The first-order valence-electron chi connectivity index (χ1n) is 11.2. The number of amides is 1. The van der Waals surface area contributed by atoms with E-state index in [1.807, 2.05) is 19.1 Å². The standard InChI is InChI=1S/C24H32N2O7S/c1-5-19(17-8-10-20(30-2)22(15-17)31-3)25-24(27)7-6-12-26(34(4,28)29)18-9-11-21-23(16-18)33-14-13-32-21/h8-11,15-16,19H,5-7,12-14H2,1-4H3,(H,25,27)/t19-/m1/s1. The molecule has 1 heterocycles. The number of anilines is 1. The molecule has 0 bridgehead atoms. The van der Waals surface area contributed by atoms with Crippen LogP contribution in [0.3, 0.4) is 0 Å². The third-order valence-electron chi connectivity index (χ3n) is 5.53. The van der Waals surface area contributed by atoms with Crippen LogP contribution in [0.4, 0.5) is 5.69 Å². The second-order valence-corrected chi connectivity index (χ2v) is 9.82. The van der Waals surface area contributed by atoms with Gasteiger partial charge in [0.1, 0.15) is 13.2 Å². The van der Waals surface area contributed by atoms with E-state index in [-0.39, 0.29) is 24.9 Å². The van der Waals surface area contributed by atoms with Gasteiger partial charge in [0.15, 0.2) is 23.0 Å². The van der Waals surface area contributed by atoms with Crippen molar-refractivity contribution in [2.75, 3.05) is 44.5 Å². The summed E-state index contributed by atoms with van der Waals surface area (Å²) in [4.78, 5) is 12.7. The van der Waals surface area contributed by atoms with Crippen molar-refractivity contribution in [3.8, 4) is 23.0 Å². The Morgan fingerprint density at radius 2 is 1.76 bits per heavy atom. The molecule has 1 amide bonds. The number of sulfonamides is 1. The summed E-state index contributed by atoms with van der Waals surface area (Å²) in [6.45, 7) is 3.02. The third-order valence-corrected chi connectivity index (χ3v) is 6.73. The zero-order valence-corrected chi connectivity index (χ0v) is 20.8. The van der Waals surface area contributed by atoms with Crippen molar-refractivity contribution in [1.82, 2.24) is 5.32 Å². The van der Waals surface area contributed by atoms with E-state index < -0.39 is 10.0 Å². The summed E-state index contributed by atoms with van der Waals surface area (Å²) >= 11 is 0. The third kappa shape index (κ3) is 6.25. The maximum absolute atomic E-state index is 12.7. The minimum atomic E-state index is -3.55. The van der Waals surface area contributed by atoms with Crippen molar-refractivity contribution in [1.29, 1.82) is 0 Å². The average Bonchev–Trinajstić information content (AvgIpc) is 2.83. The van der Waals surface area contributed by atoms with E-state index in [1.165, 1.54) is 4.31 Å². The zero-order valence-electron chi connectivity index (χ0n) is 20.0. The Kier molecular flexibility index (Phi) is 8.49. The van der Waals surface area contributed by atoms with Gasteiger partial charge in [-0.3, -0.25) is 9.10 Å². The number of carbonyl (C=O) groups excluding carboxylic acids is 1. The van der Waals surface area contributed by atoms with E-state index in [1.54, 1.807) is 38.5 Å². The Hall–Kier alpha value is -3.14. The topological polar surface area (TPSA) is 103 Å². The molecule has 9 nitrogen and oxygen atoms in total. The van der Waals surface area contributed by atoms with Gasteiger partial charge in [-0.2, -0.15) is 0 Å². The fourth-order valence-corrected chi connectivity index (χ4v) is 4.77. The molecule has 0 aliphatic carbocycles. The highest BCUT2D eigenvalue weighted by molar-refractivity contribution is 7.92. The lowest BCUT2D eigenvalue weighted by atomic mass is 10.0. The molecule has 34 heavy (non-hydrogen) atoms. The Bertz CT molecular complexity index is 1100. The van der Waals surface area contributed by atoms with Crippen LogP contribution >= 0.6 is 0 Å². The first-order chi connectivity index (χ1) is 16.3. The molecule has 2 aromatic carbocycles. The Morgan fingerprint density at radius 3 is 2.41 bits per heavy atom. The molecule has 2 aromatic rings. The van der Waals surface area contributed by atoms with E-state index in [0.717, 1.165) is 11.8 Å². The van der Waals surface area contributed by atoms with Gasteiger partial charge in [0.25, 0.3) is 0 Å². The number of nitrogens with one attached hydrogen (secondary N) is 1. The van der Waals surface area contributed by atoms with Crippen LogP contribution in [-0.2, 0) is 14.8 Å². The van der Waals surface area contributed by atoms with Crippen molar-refractivity contribution in [2.45, 2.75) is 32.2 Å². The average molecular weight is 493 g/mol. The van der Waals surface area contributed by atoms with Crippen molar-refractivity contribution >= 4 is 21.6 Å². The van der Waals surface area contributed by atoms with Crippen LogP contribution in [0, 0.1) is 0 Å². The van der Waals surface area contributed by atoms with Crippen LogP contribution in [0.25, 0.3) is 0 Å². The number of nitrogens with zero attached hydrogens (tertiary/aromatic N) is 1. The molecule has 1 aliphatic rings. The number of hydrogen-bond acceptors (Lipinski definition) is 7. The van der Waals surface area contributed by atoms with Gasteiger partial charge in [0.2, 0.25) is 15.9 Å². The lowest BCUT2D eigenvalue weighted by molar-refractivity contribution is -0.121. The fraction of sp³-hybridized carbons (Fsp3) is 0.458. The van der Waals surface area contributed by atoms with E-state index in [4.69, 9.17) is 18.9 Å². The van der Waals surface area contributed by atoms with Gasteiger partial charge in [-0.1, -0.05) is 13.0 Å². The van der Waals surface area contributed by atoms with Crippen LogP contribution in [0.15, 0.2) is 36.4 Å². The largest absolute Gasteiger partial charge is 0.493 e. The number of carbonyl (C=O) groups is 1. The van der Waals surface area contributed by atoms with Crippen LogP contribution in [-0.4, -0.2) is 54.6 Å². The molecule has 0 aromatic heterocycles. The number of benzene rings is 2. The van der Waals surface area contributed by atoms with Crippen molar-refractivity contribution in [3.63, 3.8) is 0 Å². The number of ether oxygens (including phenoxy) is 4. The van der Waals surface area contributed by atoms with Crippen LogP contribution in [0.2, 0.25) is 0 Å². The van der Waals surface area contributed by atoms with Crippen LogP contribution in [0.5, 0.6) is 23.0 Å². The van der Waals surface area contributed by atoms with Crippen LogP contribution in [0.1, 0.15) is 37.8 Å². The number of rotatable bonds is 11. The first-order valence-corrected chi connectivity index (χ1v) is 13.0. The number of hydrogen-bond donors (Lipinski definition) is 1. The van der Waals surface area contributed by atoms with Gasteiger partial charge in [0, 0.05) is 19.0 Å². The van der Waals surface area contributed by atoms with Crippen molar-refractivity contribution < 1.29 is 32.2 Å². The minimum absolute atomic E-state index is 0.155. The van der Waals surface area contributed by atoms with E-state index >= 15 is 0 Å². The summed E-state index contributed by atoms with van der Waals surface area (Å²) in [6, 6.07) is 10.4. The molecule has 0 saturated carbocycles. The van der Waals surface area contributed by atoms with Crippen molar-refractivity contribution in [3.05, 3.63) is 42.0 Å². The monoisotopic (exact) mass is 492 g/mol. The Labute approximate surface area is 201 Å². The predicted octanol–water partition coefficient (Wildman–Crippen LogP) is 3.29. The maximum Gasteiger partial charge on any atom is 0.232 e. The van der Waals surface area contributed by atoms with Gasteiger partial charge in [0.05, 0.1) is 32.2 Å². The molecule has 3 rings (SSSR count). The van der Waals surface area contributed by atoms with Crippen LogP contribution < -0.4 is 28.6 Å². The van der Waals surface area contributed by atoms with E-state index in [0.29, 0.717) is 54.7 Å². The van der Waals surface area contributed by atoms with Gasteiger partial charge in [-0.25, -0.2) is 8.42 Å². The molecule has 0 unspecified atom stereocenters. The Morgan fingerprint density at radius 1 is 1.06 bits per heavy atom. The SMILES string of the molecule is CC[C@@H](NC(=O)CCCN(c1ccc2c(c1)OCCO2)S(C)(=O)=O)c1ccc(OC)c(OC)c1. The van der Waals surface area contributed by atoms with Gasteiger partial charge in [-0.15, -0.1) is 0 Å². The van der Waals surface area contributed by atoms with Gasteiger partial charge in [-0.05, 0) is 42.7 Å². The number of fused-ring (bicyclic) bond motifs is 1. The summed E-state index contributed by atoms with van der Waals surface area (Å²) in [5.41, 5.74) is 1.38. The molecule has 10 heteroatoms. The number of methoxy groups -OCH3 is 2. The summed E-state index contributed by atoms with van der Waals surface area (Å²) in [5, 5.41) is 3.03. The second kappa shape index (κ2) is 11.3. The normalized spacial score (nSPS) is 13.6. The molecule has 1 aliphatic heterocycles. The van der Waals surface area contributed by atoms with Gasteiger partial charge < -0.3 is 24.3 Å². The molecular weight excluding hydrogens is 460 g/mol. The molecule has 0 spiro atoms. The molecule has 0 saturated heterocycles. The summed E-state index contributed by atoms with van der Waals surface area (Å²) in [7, 11) is -0.411. The fourth-order valence-electron chi connectivity index (χ4n) is 3.81. The lowest BCUT2D eigenvalue weighted by Gasteiger charge is -2.25. The highest BCUT2D eigenvalue weighted by atomic mass is 32.2. The quantitative estimate of drug-likeness (QED) is 0.513. The van der Waals surface area contributed by atoms with E-state index in [2.05, 4.69) is 5.32 Å². The van der Waals surface area contributed by atoms with Crippen molar-refractivity contribution in [2.24, 2.45) is 0 Å². The summed E-state index contributed by atoms with van der Waals surface area (Å²) in [5.74, 6) is 2.15. The summed E-state index contributed by atoms with van der Waals surface area (Å²) < 4.78 is 47.9. The lowest BCUT2D eigenvalue weighted by Crippen LogP contribution is -2.33. The molecule has 0 fully saturated rings. The highest BCUT2D eigenvalue weighted by Gasteiger charge is 2.21.